The van der Waals surface area contributed by atoms with Crippen LogP contribution in [0.2, 0.25) is 0 Å². The van der Waals surface area contributed by atoms with Crippen LogP contribution in [0.1, 0.15) is 96.3 Å². The van der Waals surface area contributed by atoms with Crippen LogP contribution in [0.25, 0.3) is 0 Å². The molecule has 5 saturated heterocycles. The predicted octanol–water partition coefficient (Wildman–Crippen LogP) is 4.09. The number of rotatable bonds is 0. The van der Waals surface area contributed by atoms with Crippen LogP contribution in [0, 0.1) is 47.3 Å². The van der Waals surface area contributed by atoms with E-state index in [9.17, 15) is 0 Å². The predicted molar refractivity (Wildman–Crippen MR) is 184 cm³/mol. The van der Waals surface area contributed by atoms with Gasteiger partial charge in [-0.2, -0.15) is 0 Å². The molecule has 9 rings (SSSR count). The van der Waals surface area contributed by atoms with Crippen molar-refractivity contribution >= 4 is 48.8 Å². The summed E-state index contributed by atoms with van der Waals surface area (Å²) in [6.45, 7) is 0. The summed E-state index contributed by atoms with van der Waals surface area (Å²) in [6.07, 6.45) is 22.9. The van der Waals surface area contributed by atoms with Crippen molar-refractivity contribution in [3.05, 3.63) is 0 Å². The molecule has 0 aromatic carbocycles. The van der Waals surface area contributed by atoms with E-state index in [4.69, 9.17) is 11.6 Å². The maximum absolute atomic E-state index is 7.19. The molecule has 13 heteroatoms. The largest absolute Gasteiger partial charge is 0.286 e. The Bertz CT molecular complexity index is 972. The minimum Gasteiger partial charge on any atom is -0.286 e. The third kappa shape index (κ3) is 6.75. The van der Waals surface area contributed by atoms with Crippen molar-refractivity contribution in [3.8, 4) is 0 Å². The number of nitrogens with one attached hydrogen (secondary N) is 8. The van der Waals surface area contributed by atoms with Gasteiger partial charge in [0.15, 0.2) is 0 Å². The molecular weight excluding hydrogens is 702 g/mol. The normalized spacial score (nSPS) is 53.1. The molecule has 9 aliphatic rings. The van der Waals surface area contributed by atoms with E-state index < -0.39 is 0 Å². The number of halogens is 4. The summed E-state index contributed by atoms with van der Waals surface area (Å²) in [5.41, 5.74) is 0. The van der Waals surface area contributed by atoms with E-state index in [1.54, 1.807) is 0 Å². The first-order valence-corrected chi connectivity index (χ1v) is 18.4. The minimum atomic E-state index is 0. The number of fused-ring (bicyclic) bond motifs is 20. The second-order valence-corrected chi connectivity index (χ2v) is 16.2. The molecule has 5 heterocycles. The van der Waals surface area contributed by atoms with Gasteiger partial charge in [-0.25, -0.2) is 0 Å². The number of alkyl halides is 1. The van der Waals surface area contributed by atoms with Gasteiger partial charge in [-0.3, -0.25) is 42.5 Å². The molecule has 0 aromatic rings. The van der Waals surface area contributed by atoms with Gasteiger partial charge in [-0.05, 0) is 92.8 Å². The molecule has 8 N–H and O–H groups in total. The average molecular weight is 760 g/mol. The molecule has 0 amide bonds. The molecule has 45 heavy (non-hydrogen) atoms. The zero-order valence-electron chi connectivity index (χ0n) is 26.3. The summed E-state index contributed by atoms with van der Waals surface area (Å²) in [7, 11) is 0. The molecule has 4 saturated carbocycles. The summed E-state index contributed by atoms with van der Waals surface area (Å²) in [5, 5.41) is 33.8. The van der Waals surface area contributed by atoms with E-state index in [1.807, 2.05) is 0 Å². The fourth-order valence-corrected chi connectivity index (χ4v) is 12.5. The van der Waals surface area contributed by atoms with Crippen molar-refractivity contribution in [1.29, 1.82) is 0 Å². The van der Waals surface area contributed by atoms with E-state index in [1.165, 1.54) is 89.9 Å². The Morgan fingerprint density at radius 3 is 0.867 bits per heavy atom. The van der Waals surface area contributed by atoms with Gasteiger partial charge in [-0.15, -0.1) is 48.8 Å². The molecular formula is C32H58Cl4CuN8. The third-order valence-electron chi connectivity index (χ3n) is 13.8. The van der Waals surface area contributed by atoms with Gasteiger partial charge in [0.05, 0.1) is 49.3 Å². The van der Waals surface area contributed by atoms with Gasteiger partial charge < -0.3 is 0 Å². The molecule has 17 atom stereocenters. The SMILES string of the molecule is Cl.Cl.Cl.ClC1CCCC2C3NC4NC(NC5NC(NC6NC(NC(N3)C12)C1CCCCC61)C1CCCCC51)C1CCCCC41.[Cu]. The van der Waals surface area contributed by atoms with E-state index in [2.05, 4.69) is 42.5 Å². The van der Waals surface area contributed by atoms with Crippen LogP contribution in [0.4, 0.5) is 0 Å². The summed E-state index contributed by atoms with van der Waals surface area (Å²) < 4.78 is 0. The Morgan fingerprint density at radius 1 is 0.311 bits per heavy atom. The second kappa shape index (κ2) is 15.7. The fourth-order valence-electron chi connectivity index (χ4n) is 12.0. The maximum Gasteiger partial charge on any atom is 0.0642 e. The quantitative estimate of drug-likeness (QED) is 0.139. The standard InChI is InChI=1S/C32H55ClN8.3ClH.Cu/c33-23-15-7-14-22-24(23)32-40-30-21-13-6-5-12-20(21)28(38-30)36-26-17-9-2-1-8-16(17)25(34-26)35-27-18-10-3-4-11-19(18)29(37-27)39-31(22)41-32;;;;/h16-32,34-41H,1-15H2;3*1H;. The maximum atomic E-state index is 7.19. The molecule has 265 valence electrons. The second-order valence-electron chi connectivity index (χ2n) is 15.7. The van der Waals surface area contributed by atoms with Gasteiger partial charge >= 0.3 is 0 Å². The van der Waals surface area contributed by atoms with Gasteiger partial charge in [-0.1, -0.05) is 44.9 Å². The van der Waals surface area contributed by atoms with Crippen LogP contribution in [-0.2, 0) is 17.1 Å². The van der Waals surface area contributed by atoms with Crippen LogP contribution in [0.15, 0.2) is 0 Å². The van der Waals surface area contributed by atoms with E-state index >= 15 is 0 Å². The van der Waals surface area contributed by atoms with Crippen molar-refractivity contribution < 1.29 is 17.1 Å². The molecule has 0 spiro atoms. The Labute approximate surface area is 305 Å². The Hall–Kier alpha value is 1.36. The molecule has 9 fully saturated rings. The number of hydrogen-bond acceptors (Lipinski definition) is 8. The first-order valence-electron chi connectivity index (χ1n) is 17.9. The van der Waals surface area contributed by atoms with Crippen LogP contribution in [0.5, 0.6) is 0 Å². The van der Waals surface area contributed by atoms with Crippen molar-refractivity contribution in [3.63, 3.8) is 0 Å². The van der Waals surface area contributed by atoms with Crippen LogP contribution >= 0.6 is 48.8 Å². The van der Waals surface area contributed by atoms with Gasteiger partial charge in [0.1, 0.15) is 0 Å². The van der Waals surface area contributed by atoms with E-state index in [-0.39, 0.29) is 65.8 Å². The van der Waals surface area contributed by atoms with Crippen molar-refractivity contribution in [2.45, 2.75) is 151 Å². The summed E-state index contributed by atoms with van der Waals surface area (Å²) >= 11 is 7.19. The van der Waals surface area contributed by atoms with Crippen molar-refractivity contribution in [2.75, 3.05) is 0 Å². The zero-order valence-corrected chi connectivity index (χ0v) is 30.5. The topological polar surface area (TPSA) is 96.2 Å². The van der Waals surface area contributed by atoms with Crippen LogP contribution < -0.4 is 42.5 Å². The molecule has 1 radical (unpaired) electrons. The Kier molecular flexibility index (Phi) is 13.1. The zero-order chi connectivity index (χ0) is 27.1. The van der Waals surface area contributed by atoms with E-state index in [0.29, 0.717) is 78.7 Å². The Balaban J connectivity index is 0.00000100. The molecule has 0 aromatic heterocycles. The molecule has 5 aliphatic heterocycles. The molecule has 17 unspecified atom stereocenters. The first-order chi connectivity index (χ1) is 20.2. The fraction of sp³-hybridized carbons (Fsp3) is 1.00. The number of hydrogen-bond donors (Lipinski definition) is 8. The monoisotopic (exact) mass is 757 g/mol. The molecule has 8 bridgehead atoms. The minimum absolute atomic E-state index is 0. The third-order valence-corrected chi connectivity index (χ3v) is 14.3. The van der Waals surface area contributed by atoms with Crippen molar-refractivity contribution in [1.82, 2.24) is 42.5 Å². The summed E-state index contributed by atoms with van der Waals surface area (Å²) in [6, 6.07) is 0. The first kappa shape index (κ1) is 37.6. The molecule has 8 nitrogen and oxygen atoms in total. The van der Waals surface area contributed by atoms with Crippen LogP contribution in [-0.4, -0.2) is 54.7 Å². The smallest absolute Gasteiger partial charge is 0.0642 e. The Morgan fingerprint density at radius 2 is 0.556 bits per heavy atom. The summed E-state index contributed by atoms with van der Waals surface area (Å²) in [4.78, 5) is 0. The average Bonchev–Trinajstić information content (AvgIpc) is 3.73. The summed E-state index contributed by atoms with van der Waals surface area (Å²) in [5.74, 6) is 5.34. The van der Waals surface area contributed by atoms with Gasteiger partial charge in [0.2, 0.25) is 0 Å². The van der Waals surface area contributed by atoms with Crippen LogP contribution in [0.3, 0.4) is 0 Å². The van der Waals surface area contributed by atoms with Crippen molar-refractivity contribution in [2.24, 2.45) is 47.3 Å². The molecule has 4 aliphatic carbocycles. The van der Waals surface area contributed by atoms with Gasteiger partial charge in [0, 0.05) is 28.4 Å². The van der Waals surface area contributed by atoms with Gasteiger partial charge in [0.25, 0.3) is 0 Å². The van der Waals surface area contributed by atoms with E-state index in [0.717, 1.165) is 18.3 Å².